The Balaban J connectivity index is 1.97. The first-order chi connectivity index (χ1) is 15.3. The van der Waals surface area contributed by atoms with Gasteiger partial charge < -0.3 is 16.8 Å². The number of pyridine rings is 1. The SMILES string of the molecule is [C-]#[N+]c1c(N)nc(N)nc1N[C@@H](C)c1cc2cccc(Cl)c2c(=O)n1-c1ccccc1C. The molecule has 0 aliphatic carbocycles. The maximum Gasteiger partial charge on any atom is 0.268 e. The summed E-state index contributed by atoms with van der Waals surface area (Å²) in [5.74, 6) is 0.141. The lowest BCUT2D eigenvalue weighted by atomic mass is 10.1. The van der Waals surface area contributed by atoms with Crippen molar-refractivity contribution in [1.29, 1.82) is 0 Å². The first-order valence-electron chi connectivity index (χ1n) is 9.79. The average molecular weight is 446 g/mol. The number of nitrogens with zero attached hydrogens (tertiary/aromatic N) is 4. The highest BCUT2D eigenvalue weighted by Crippen LogP contribution is 2.33. The Kier molecular flexibility index (Phi) is 5.43. The van der Waals surface area contributed by atoms with Gasteiger partial charge in [0.2, 0.25) is 5.95 Å². The summed E-state index contributed by atoms with van der Waals surface area (Å²) in [6.07, 6.45) is 0. The van der Waals surface area contributed by atoms with E-state index in [0.717, 1.165) is 11.3 Å². The summed E-state index contributed by atoms with van der Waals surface area (Å²) in [6.45, 7) is 11.2. The summed E-state index contributed by atoms with van der Waals surface area (Å²) in [4.78, 5) is 25.1. The number of nitrogens with one attached hydrogen (secondary N) is 1. The maximum atomic E-state index is 13.6. The maximum absolute atomic E-state index is 13.6. The molecule has 0 radical (unpaired) electrons. The Bertz CT molecular complexity index is 1460. The van der Waals surface area contributed by atoms with Crippen molar-refractivity contribution in [2.45, 2.75) is 19.9 Å². The summed E-state index contributed by atoms with van der Waals surface area (Å²) in [6, 6.07) is 14.4. The Morgan fingerprint density at radius 2 is 1.91 bits per heavy atom. The number of nitrogen functional groups attached to an aromatic ring is 2. The van der Waals surface area contributed by atoms with E-state index in [1.807, 2.05) is 50.2 Å². The van der Waals surface area contributed by atoms with Crippen molar-refractivity contribution in [1.82, 2.24) is 14.5 Å². The van der Waals surface area contributed by atoms with Crippen LogP contribution in [0.2, 0.25) is 5.02 Å². The number of para-hydroxylation sites is 1. The highest BCUT2D eigenvalue weighted by molar-refractivity contribution is 6.35. The second-order valence-electron chi connectivity index (χ2n) is 7.34. The van der Waals surface area contributed by atoms with Crippen LogP contribution in [0.3, 0.4) is 0 Å². The number of nitrogens with two attached hydrogens (primary N) is 2. The number of rotatable bonds is 4. The minimum Gasteiger partial charge on any atom is -0.392 e. The Morgan fingerprint density at radius 1 is 1.16 bits per heavy atom. The molecule has 160 valence electrons. The quantitative estimate of drug-likeness (QED) is 0.394. The Hall–Kier alpha value is -4.09. The minimum atomic E-state index is -0.445. The number of benzene rings is 2. The van der Waals surface area contributed by atoms with Crippen LogP contribution in [0.5, 0.6) is 0 Å². The largest absolute Gasteiger partial charge is 0.392 e. The van der Waals surface area contributed by atoms with Gasteiger partial charge in [-0.2, -0.15) is 0 Å². The first-order valence-corrected chi connectivity index (χ1v) is 10.2. The summed E-state index contributed by atoms with van der Waals surface area (Å²) in [7, 11) is 0. The van der Waals surface area contributed by atoms with Crippen molar-refractivity contribution < 1.29 is 0 Å². The van der Waals surface area contributed by atoms with Crippen LogP contribution >= 0.6 is 11.6 Å². The Labute approximate surface area is 189 Å². The lowest BCUT2D eigenvalue weighted by molar-refractivity contribution is 0.771. The van der Waals surface area contributed by atoms with Gasteiger partial charge in [-0.3, -0.25) is 9.36 Å². The van der Waals surface area contributed by atoms with Crippen molar-refractivity contribution in [2.75, 3.05) is 16.8 Å². The van der Waals surface area contributed by atoms with E-state index >= 15 is 0 Å². The molecule has 4 rings (SSSR count). The number of aromatic nitrogens is 3. The van der Waals surface area contributed by atoms with Crippen LogP contribution < -0.4 is 22.3 Å². The van der Waals surface area contributed by atoms with Crippen LogP contribution in [-0.2, 0) is 0 Å². The third-order valence-corrected chi connectivity index (χ3v) is 5.53. The van der Waals surface area contributed by atoms with E-state index in [1.54, 1.807) is 16.7 Å². The molecule has 9 heteroatoms. The Morgan fingerprint density at radius 3 is 2.62 bits per heavy atom. The molecule has 0 spiro atoms. The van der Waals surface area contributed by atoms with Gasteiger partial charge in [0.05, 0.1) is 28.7 Å². The molecule has 0 amide bonds. The van der Waals surface area contributed by atoms with Crippen molar-refractivity contribution in [3.8, 4) is 5.69 Å². The molecule has 8 nitrogen and oxygen atoms in total. The summed E-state index contributed by atoms with van der Waals surface area (Å²) in [5, 5.41) is 4.71. The van der Waals surface area contributed by atoms with Gasteiger partial charge in [-0.25, -0.2) is 14.8 Å². The highest BCUT2D eigenvalue weighted by Gasteiger charge is 2.21. The smallest absolute Gasteiger partial charge is 0.268 e. The highest BCUT2D eigenvalue weighted by atomic mass is 35.5. The lowest BCUT2D eigenvalue weighted by Gasteiger charge is -2.23. The average Bonchev–Trinajstić information content (AvgIpc) is 2.74. The van der Waals surface area contributed by atoms with Crippen LogP contribution in [0, 0.1) is 13.5 Å². The van der Waals surface area contributed by atoms with E-state index in [9.17, 15) is 4.79 Å². The van der Waals surface area contributed by atoms with E-state index in [4.69, 9.17) is 29.6 Å². The summed E-state index contributed by atoms with van der Waals surface area (Å²) >= 11 is 6.39. The standard InChI is InChI=1S/C23H20ClN7O/c1-12-7-4-5-10-16(12)31-17(11-14-8-6-9-15(24)18(14)22(31)32)13(2)28-21-19(27-3)20(25)29-23(26)30-21/h4-11,13H,1-2H3,(H5,25,26,28,29,30)/t13-/m0/s1. The summed E-state index contributed by atoms with van der Waals surface area (Å²) in [5.41, 5.74) is 13.7. The molecule has 0 unspecified atom stereocenters. The van der Waals surface area contributed by atoms with Crippen LogP contribution in [-0.4, -0.2) is 14.5 Å². The number of aryl methyl sites for hydroxylation is 1. The third kappa shape index (κ3) is 3.59. The topological polar surface area (TPSA) is 116 Å². The van der Waals surface area contributed by atoms with Gasteiger partial charge in [0.15, 0.2) is 0 Å². The second-order valence-corrected chi connectivity index (χ2v) is 7.75. The lowest BCUT2D eigenvalue weighted by Crippen LogP contribution is -2.26. The fraction of sp³-hybridized carbons (Fsp3) is 0.130. The molecule has 4 aromatic rings. The minimum absolute atomic E-state index is 0.0104. The molecule has 0 saturated heterocycles. The molecule has 0 saturated carbocycles. The predicted octanol–water partition coefficient (Wildman–Crippen LogP) is 4.63. The molecule has 1 atom stereocenters. The zero-order chi connectivity index (χ0) is 23.0. The van der Waals surface area contributed by atoms with Gasteiger partial charge in [0.25, 0.3) is 11.2 Å². The predicted molar refractivity (Wildman–Crippen MR) is 128 cm³/mol. The van der Waals surface area contributed by atoms with Gasteiger partial charge in [-0.05, 0) is 43.0 Å². The van der Waals surface area contributed by atoms with Crippen molar-refractivity contribution in [2.24, 2.45) is 0 Å². The molecular formula is C23H20ClN7O. The van der Waals surface area contributed by atoms with Crippen LogP contribution in [0.4, 0.5) is 23.3 Å². The second kappa shape index (κ2) is 8.21. The van der Waals surface area contributed by atoms with Gasteiger partial charge in [0, 0.05) is 5.69 Å². The third-order valence-electron chi connectivity index (χ3n) is 5.22. The van der Waals surface area contributed by atoms with E-state index in [2.05, 4.69) is 20.1 Å². The van der Waals surface area contributed by atoms with E-state index < -0.39 is 6.04 Å². The molecule has 2 heterocycles. The number of anilines is 3. The van der Waals surface area contributed by atoms with Gasteiger partial charge in [-0.1, -0.05) is 41.9 Å². The van der Waals surface area contributed by atoms with Gasteiger partial charge >= 0.3 is 0 Å². The van der Waals surface area contributed by atoms with Gasteiger partial charge in [0.1, 0.15) is 11.6 Å². The molecule has 2 aromatic carbocycles. The number of fused-ring (bicyclic) bond motifs is 1. The van der Waals surface area contributed by atoms with Crippen LogP contribution in [0.15, 0.2) is 53.3 Å². The fourth-order valence-corrected chi connectivity index (χ4v) is 3.96. The number of hydrogen-bond donors (Lipinski definition) is 3. The zero-order valence-electron chi connectivity index (χ0n) is 17.4. The van der Waals surface area contributed by atoms with Crippen LogP contribution in [0.25, 0.3) is 21.3 Å². The molecule has 0 aliphatic heterocycles. The molecule has 2 aromatic heterocycles. The molecule has 5 N–H and O–H groups in total. The van der Waals surface area contributed by atoms with Crippen LogP contribution in [0.1, 0.15) is 24.2 Å². The fourth-order valence-electron chi connectivity index (χ4n) is 3.70. The molecule has 0 aliphatic rings. The summed E-state index contributed by atoms with van der Waals surface area (Å²) < 4.78 is 1.63. The van der Waals surface area contributed by atoms with Crippen molar-refractivity contribution in [3.63, 3.8) is 0 Å². The van der Waals surface area contributed by atoms with Gasteiger partial charge in [-0.15, -0.1) is 0 Å². The van der Waals surface area contributed by atoms with Crippen molar-refractivity contribution in [3.05, 3.63) is 86.6 Å². The first kappa shape index (κ1) is 21.2. The van der Waals surface area contributed by atoms with E-state index in [1.165, 1.54) is 0 Å². The van der Waals surface area contributed by atoms with E-state index in [-0.39, 0.29) is 28.8 Å². The number of hydrogen-bond acceptors (Lipinski definition) is 6. The molecule has 0 fully saturated rings. The number of halogens is 1. The molecule has 32 heavy (non-hydrogen) atoms. The van der Waals surface area contributed by atoms with Crippen molar-refractivity contribution >= 4 is 45.6 Å². The zero-order valence-corrected chi connectivity index (χ0v) is 18.2. The normalized spacial score (nSPS) is 11.8. The molecular weight excluding hydrogens is 426 g/mol. The molecule has 0 bridgehead atoms. The monoisotopic (exact) mass is 445 g/mol. The van der Waals surface area contributed by atoms with E-state index in [0.29, 0.717) is 21.5 Å².